The Hall–Kier alpha value is -2.61. The molecule has 0 unspecified atom stereocenters. The van der Waals surface area contributed by atoms with E-state index in [0.717, 1.165) is 5.06 Å². The first-order valence-corrected chi connectivity index (χ1v) is 5.60. The van der Waals surface area contributed by atoms with Gasteiger partial charge in [0.15, 0.2) is 0 Å². The molecule has 1 aromatic rings. The number of hydrogen-bond acceptors (Lipinski definition) is 5. The van der Waals surface area contributed by atoms with E-state index in [0.29, 0.717) is 24.1 Å². The van der Waals surface area contributed by atoms with E-state index >= 15 is 0 Å². The average molecular weight is 281 g/mol. The number of para-hydroxylation sites is 1. The minimum Gasteiger partial charge on any atom is -0.451 e. The zero-order valence-electron chi connectivity index (χ0n) is 11.0. The quantitative estimate of drug-likeness (QED) is 0.426. The van der Waals surface area contributed by atoms with Gasteiger partial charge in [-0.2, -0.15) is 5.06 Å². The van der Waals surface area contributed by atoms with Crippen molar-refractivity contribution in [2.45, 2.75) is 6.17 Å². The van der Waals surface area contributed by atoms with E-state index in [1.54, 1.807) is 24.3 Å². The van der Waals surface area contributed by atoms with Gasteiger partial charge in [0, 0.05) is 5.56 Å². The molecule has 8 nitrogen and oxygen atoms in total. The molecule has 1 aromatic carbocycles. The van der Waals surface area contributed by atoms with Gasteiger partial charge in [-0.15, -0.1) is 0 Å². The van der Waals surface area contributed by atoms with Crippen LogP contribution < -0.4 is 15.7 Å². The van der Waals surface area contributed by atoms with Crippen LogP contribution in [0.4, 0.5) is 10.5 Å². The van der Waals surface area contributed by atoms with Crippen LogP contribution in [-0.2, 0) is 19.2 Å². The topological polar surface area (TPSA) is 97.0 Å². The van der Waals surface area contributed by atoms with E-state index in [2.05, 4.69) is 15.4 Å². The third-order valence-corrected chi connectivity index (χ3v) is 2.46. The van der Waals surface area contributed by atoms with Gasteiger partial charge in [0.2, 0.25) is 12.8 Å². The number of methoxy groups -OCH3 is 1. The number of ether oxygens (including phenoxy) is 1. The lowest BCUT2D eigenvalue weighted by Crippen LogP contribution is -2.36. The number of nitrogens with one attached hydrogen (secondary N) is 2. The van der Waals surface area contributed by atoms with Gasteiger partial charge in [-0.25, -0.2) is 4.79 Å². The van der Waals surface area contributed by atoms with Gasteiger partial charge in [-0.3, -0.25) is 14.4 Å². The van der Waals surface area contributed by atoms with Crippen LogP contribution in [-0.4, -0.2) is 33.1 Å². The molecule has 0 aliphatic carbocycles. The minimum atomic E-state index is -0.802. The smallest absolute Gasteiger partial charge is 0.438 e. The van der Waals surface area contributed by atoms with Crippen molar-refractivity contribution < 1.29 is 24.0 Å². The maximum absolute atomic E-state index is 11.6. The molecule has 0 fully saturated rings. The van der Waals surface area contributed by atoms with Crippen molar-refractivity contribution in [1.82, 2.24) is 10.6 Å². The summed E-state index contributed by atoms with van der Waals surface area (Å²) < 4.78 is 4.59. The van der Waals surface area contributed by atoms with Crippen molar-refractivity contribution in [2.75, 3.05) is 19.3 Å². The molecular weight excluding hydrogens is 266 g/mol. The van der Waals surface area contributed by atoms with Gasteiger partial charge in [0.25, 0.3) is 0 Å². The van der Waals surface area contributed by atoms with Crippen molar-refractivity contribution >= 4 is 24.6 Å². The molecule has 0 aliphatic heterocycles. The zero-order chi connectivity index (χ0) is 15.0. The van der Waals surface area contributed by atoms with Crippen molar-refractivity contribution in [2.24, 2.45) is 0 Å². The highest BCUT2D eigenvalue weighted by Gasteiger charge is 2.23. The largest absolute Gasteiger partial charge is 0.451 e. The summed E-state index contributed by atoms with van der Waals surface area (Å²) in [5.41, 5.74) is 0.787. The standard InChI is InChI=1S/C12H15N3O5/c1-19-12(18)15(20-2)10-6-4-3-5-9(10)11(13-7-16)14-8-17/h3-8,11H,1-2H3,(H,13,16)(H,14,17). The fourth-order valence-corrected chi connectivity index (χ4v) is 1.63. The van der Waals surface area contributed by atoms with Gasteiger partial charge < -0.3 is 15.4 Å². The summed E-state index contributed by atoms with van der Waals surface area (Å²) in [4.78, 5) is 37.8. The fraction of sp³-hybridized carbons (Fsp3) is 0.250. The van der Waals surface area contributed by atoms with Crippen LogP contribution >= 0.6 is 0 Å². The summed E-state index contributed by atoms with van der Waals surface area (Å²) in [5, 5.41) is 5.74. The van der Waals surface area contributed by atoms with Crippen LogP contribution in [0, 0.1) is 0 Å². The van der Waals surface area contributed by atoms with Crippen molar-refractivity contribution in [3.63, 3.8) is 0 Å². The Morgan fingerprint density at radius 1 is 1.20 bits per heavy atom. The lowest BCUT2D eigenvalue weighted by Gasteiger charge is -2.24. The predicted molar refractivity (Wildman–Crippen MR) is 69.5 cm³/mol. The Labute approximate surface area is 115 Å². The number of carbonyl (C=O) groups excluding carboxylic acids is 3. The molecule has 20 heavy (non-hydrogen) atoms. The second-order valence-electron chi connectivity index (χ2n) is 3.51. The monoisotopic (exact) mass is 281 g/mol. The van der Waals surface area contributed by atoms with Crippen LogP contribution in [0.15, 0.2) is 24.3 Å². The van der Waals surface area contributed by atoms with Crippen LogP contribution in [0.1, 0.15) is 11.7 Å². The first kappa shape index (κ1) is 15.4. The van der Waals surface area contributed by atoms with Crippen LogP contribution in [0.3, 0.4) is 0 Å². The maximum Gasteiger partial charge on any atom is 0.438 e. The molecule has 8 heteroatoms. The number of nitrogens with zero attached hydrogens (tertiary/aromatic N) is 1. The van der Waals surface area contributed by atoms with Crippen molar-refractivity contribution in [3.05, 3.63) is 29.8 Å². The summed E-state index contributed by atoms with van der Waals surface area (Å²) in [5.74, 6) is 0. The fourth-order valence-electron chi connectivity index (χ4n) is 1.63. The summed E-state index contributed by atoms with van der Waals surface area (Å²) in [7, 11) is 2.50. The number of rotatable bonds is 7. The third-order valence-electron chi connectivity index (χ3n) is 2.46. The number of hydroxylamine groups is 1. The number of carbonyl (C=O) groups is 3. The maximum atomic E-state index is 11.6. The summed E-state index contributed by atoms with van der Waals surface area (Å²) in [6.07, 6.45) is -0.667. The zero-order valence-corrected chi connectivity index (χ0v) is 11.0. The van der Waals surface area contributed by atoms with E-state index < -0.39 is 12.3 Å². The summed E-state index contributed by atoms with van der Waals surface area (Å²) in [6.45, 7) is 0. The number of amides is 3. The van der Waals surface area contributed by atoms with E-state index in [1.165, 1.54) is 14.2 Å². The number of benzene rings is 1. The lowest BCUT2D eigenvalue weighted by molar-refractivity contribution is -0.112. The Balaban J connectivity index is 3.22. The first-order valence-electron chi connectivity index (χ1n) is 5.60. The van der Waals surface area contributed by atoms with Gasteiger partial charge in [0.1, 0.15) is 6.17 Å². The second kappa shape index (κ2) is 7.74. The van der Waals surface area contributed by atoms with Gasteiger partial charge in [0.05, 0.1) is 19.9 Å². The van der Waals surface area contributed by atoms with Gasteiger partial charge in [-0.05, 0) is 6.07 Å². The molecule has 2 N–H and O–H groups in total. The molecule has 0 heterocycles. The highest BCUT2D eigenvalue weighted by Crippen LogP contribution is 2.25. The molecule has 0 saturated carbocycles. The Morgan fingerprint density at radius 3 is 2.30 bits per heavy atom. The molecule has 0 spiro atoms. The number of anilines is 1. The van der Waals surface area contributed by atoms with E-state index in [4.69, 9.17) is 4.84 Å². The molecule has 3 amide bonds. The minimum absolute atomic E-state index is 0.329. The van der Waals surface area contributed by atoms with E-state index in [9.17, 15) is 14.4 Å². The molecule has 1 rings (SSSR count). The van der Waals surface area contributed by atoms with Crippen molar-refractivity contribution in [3.8, 4) is 0 Å². The summed E-state index contributed by atoms with van der Waals surface area (Å²) in [6, 6.07) is 6.58. The van der Waals surface area contributed by atoms with Crippen LogP contribution in [0.5, 0.6) is 0 Å². The molecule has 0 bridgehead atoms. The van der Waals surface area contributed by atoms with E-state index in [1.807, 2.05) is 0 Å². The average Bonchev–Trinajstić information content (AvgIpc) is 2.48. The predicted octanol–water partition coefficient (Wildman–Crippen LogP) is 0.311. The van der Waals surface area contributed by atoms with Crippen LogP contribution in [0.2, 0.25) is 0 Å². The molecular formula is C12H15N3O5. The molecule has 0 radical (unpaired) electrons. The third kappa shape index (κ3) is 3.45. The highest BCUT2D eigenvalue weighted by molar-refractivity contribution is 5.86. The summed E-state index contributed by atoms with van der Waals surface area (Å²) >= 11 is 0. The molecule has 0 aromatic heterocycles. The van der Waals surface area contributed by atoms with Crippen LogP contribution in [0.25, 0.3) is 0 Å². The van der Waals surface area contributed by atoms with Gasteiger partial charge in [-0.1, -0.05) is 18.2 Å². The SMILES string of the molecule is COC(=O)N(OC)c1ccccc1C(NC=O)NC=O. The molecule has 108 valence electrons. The van der Waals surface area contributed by atoms with E-state index in [-0.39, 0.29) is 0 Å². The lowest BCUT2D eigenvalue weighted by atomic mass is 10.1. The first-order chi connectivity index (χ1) is 9.69. The highest BCUT2D eigenvalue weighted by atomic mass is 16.7. The Bertz CT molecular complexity index is 470. The molecule has 0 atom stereocenters. The second-order valence-corrected chi connectivity index (χ2v) is 3.51. The number of hydrogen-bond donors (Lipinski definition) is 2. The van der Waals surface area contributed by atoms with Gasteiger partial charge >= 0.3 is 6.09 Å². The molecule has 0 aliphatic rings. The Kier molecular flexibility index (Phi) is 5.98. The van der Waals surface area contributed by atoms with Crippen molar-refractivity contribution in [1.29, 1.82) is 0 Å². The Morgan fingerprint density at radius 2 is 1.80 bits per heavy atom. The molecule has 0 saturated heterocycles. The normalized spacial score (nSPS) is 9.75.